The zero-order chi connectivity index (χ0) is 20.6. The van der Waals surface area contributed by atoms with E-state index in [4.69, 9.17) is 16.9 Å². The second kappa shape index (κ2) is 9.71. The maximum absolute atomic E-state index is 11.8. The first-order valence-electron chi connectivity index (χ1n) is 9.46. The molecule has 1 heterocycles. The van der Waals surface area contributed by atoms with Crippen molar-refractivity contribution in [3.8, 4) is 0 Å². The average molecular weight is 396 g/mol. The third-order valence-electron chi connectivity index (χ3n) is 4.64. The van der Waals surface area contributed by atoms with Crippen LogP contribution in [0.5, 0.6) is 0 Å². The van der Waals surface area contributed by atoms with Crippen molar-refractivity contribution in [2.75, 3.05) is 10.6 Å². The fraction of sp³-hybridized carbons (Fsp3) is 0.316. The van der Waals surface area contributed by atoms with Gasteiger partial charge in [-0.3, -0.25) is 4.79 Å². The Morgan fingerprint density at radius 2 is 2.24 bits per heavy atom. The molecule has 0 saturated heterocycles. The number of nitrogens with one attached hydrogen (secondary N) is 3. The van der Waals surface area contributed by atoms with E-state index >= 15 is 0 Å². The van der Waals surface area contributed by atoms with Gasteiger partial charge >= 0.3 is 0 Å². The molecule has 29 heavy (non-hydrogen) atoms. The molecule has 1 aliphatic carbocycles. The number of rotatable bonds is 8. The Kier molecular flexibility index (Phi) is 6.82. The summed E-state index contributed by atoms with van der Waals surface area (Å²) in [7, 11) is 0. The van der Waals surface area contributed by atoms with Crippen LogP contribution in [-0.2, 0) is 0 Å². The number of hydrogen-bond acceptors (Lipinski definition) is 8. The first-order chi connectivity index (χ1) is 14.0. The van der Waals surface area contributed by atoms with Gasteiger partial charge in [-0.05, 0) is 31.7 Å². The first-order valence-corrected chi connectivity index (χ1v) is 9.46. The van der Waals surface area contributed by atoms with Gasteiger partial charge in [-0.25, -0.2) is 4.98 Å². The van der Waals surface area contributed by atoms with Crippen molar-refractivity contribution in [1.82, 2.24) is 9.97 Å². The molecular formula is C19H26N9O+. The summed E-state index contributed by atoms with van der Waals surface area (Å²) in [5.74, 6) is 0.141. The van der Waals surface area contributed by atoms with Gasteiger partial charge in [-0.1, -0.05) is 11.2 Å². The van der Waals surface area contributed by atoms with Gasteiger partial charge in [0.15, 0.2) is 5.69 Å². The molecule has 10 heteroatoms. The second-order valence-corrected chi connectivity index (χ2v) is 6.93. The van der Waals surface area contributed by atoms with Gasteiger partial charge in [-0.15, -0.1) is 0 Å². The lowest BCUT2D eigenvalue weighted by Crippen LogP contribution is -2.71. The summed E-state index contributed by atoms with van der Waals surface area (Å²) in [5, 5.41) is 17.4. The van der Waals surface area contributed by atoms with Gasteiger partial charge in [0.1, 0.15) is 17.6 Å². The molecule has 1 aliphatic rings. The molecule has 1 amide bonds. The third kappa shape index (κ3) is 5.80. The van der Waals surface area contributed by atoms with Crippen LogP contribution in [0.15, 0.2) is 35.6 Å². The fourth-order valence-corrected chi connectivity index (χ4v) is 3.27. The van der Waals surface area contributed by atoms with E-state index in [9.17, 15) is 4.79 Å². The number of carbonyl (C=O) groups is 1. The topological polar surface area (TPSA) is 172 Å². The maximum Gasteiger partial charge on any atom is 0.254 e. The Labute approximate surface area is 168 Å². The van der Waals surface area contributed by atoms with Crippen LogP contribution in [0.4, 0.5) is 23.1 Å². The summed E-state index contributed by atoms with van der Waals surface area (Å²) >= 11 is 0. The molecule has 0 aliphatic heterocycles. The Balaban J connectivity index is 1.79. The predicted molar refractivity (Wildman–Crippen MR) is 113 cm³/mol. The summed E-state index contributed by atoms with van der Waals surface area (Å²) < 4.78 is 0. The number of carbonyl (C=O) groups excluding carboxylic acids is 1. The summed E-state index contributed by atoms with van der Waals surface area (Å²) in [4.78, 5) is 20.5. The smallest absolute Gasteiger partial charge is 0.254 e. The molecule has 1 saturated carbocycles. The molecule has 10 nitrogen and oxygen atoms in total. The van der Waals surface area contributed by atoms with Crippen LogP contribution in [0.3, 0.4) is 0 Å². The van der Waals surface area contributed by atoms with Crippen molar-refractivity contribution in [1.29, 1.82) is 5.41 Å². The molecule has 2 atom stereocenters. The van der Waals surface area contributed by atoms with E-state index in [2.05, 4.69) is 25.7 Å². The van der Waals surface area contributed by atoms with Crippen LogP contribution >= 0.6 is 0 Å². The van der Waals surface area contributed by atoms with E-state index in [1.165, 1.54) is 12.4 Å². The molecule has 3 rings (SSSR count). The standard InChI is InChI=1S/C19H25N9O/c20-7-8-24-28-15-6-2-5-14(10-15)25-18-16(17(22)29)11-23-19(27-18)26-13-4-1-3-12(21)9-13/h2,5-8,10-13,20,28H,1,3-4,9,21H2,(H2,22,29)(H2,23,25,26,27)/p+1/b20-7?,24-8-/t12-,13+/m0/s1. The molecule has 0 spiro atoms. The fourth-order valence-electron chi connectivity index (χ4n) is 3.27. The van der Waals surface area contributed by atoms with E-state index in [-0.39, 0.29) is 17.6 Å². The van der Waals surface area contributed by atoms with Crippen molar-refractivity contribution < 1.29 is 10.2 Å². The van der Waals surface area contributed by atoms with Crippen LogP contribution in [0, 0.1) is 5.41 Å². The van der Waals surface area contributed by atoms with Crippen molar-refractivity contribution in [2.45, 2.75) is 37.8 Å². The van der Waals surface area contributed by atoms with Crippen LogP contribution < -0.4 is 27.5 Å². The highest BCUT2D eigenvalue weighted by Gasteiger charge is 2.21. The molecule has 1 aromatic carbocycles. The Hall–Kier alpha value is -3.37. The molecule has 0 bridgehead atoms. The molecule has 2 aromatic rings. The minimum absolute atomic E-state index is 0.179. The highest BCUT2D eigenvalue weighted by Crippen LogP contribution is 2.23. The minimum atomic E-state index is -0.614. The lowest BCUT2D eigenvalue weighted by molar-refractivity contribution is -0.576. The van der Waals surface area contributed by atoms with Crippen LogP contribution in [0.25, 0.3) is 0 Å². The summed E-state index contributed by atoms with van der Waals surface area (Å²) in [5.41, 5.74) is 14.9. The van der Waals surface area contributed by atoms with E-state index < -0.39 is 5.91 Å². The van der Waals surface area contributed by atoms with Gasteiger partial charge in [0.25, 0.3) is 5.91 Å². The van der Waals surface area contributed by atoms with E-state index in [0.29, 0.717) is 11.8 Å². The predicted octanol–water partition coefficient (Wildman–Crippen LogP) is 0.831. The van der Waals surface area contributed by atoms with E-state index in [0.717, 1.165) is 43.3 Å². The Morgan fingerprint density at radius 1 is 1.38 bits per heavy atom. The molecule has 0 radical (unpaired) electrons. The first kappa shape index (κ1) is 20.4. The van der Waals surface area contributed by atoms with Gasteiger partial charge in [-0.2, -0.15) is 10.4 Å². The number of quaternary nitrogens is 1. The van der Waals surface area contributed by atoms with Crippen molar-refractivity contribution in [3.63, 3.8) is 0 Å². The zero-order valence-corrected chi connectivity index (χ0v) is 16.0. The Bertz CT molecular complexity index is 899. The SMILES string of the molecule is N=C/C=N\[NH2+]c1cccc(Nc2nc(N[C@@H]3CCC[C@H](N)C3)ncc2C(N)=O)c1. The molecular weight excluding hydrogens is 370 g/mol. The lowest BCUT2D eigenvalue weighted by atomic mass is 9.92. The van der Waals surface area contributed by atoms with Crippen molar-refractivity contribution in [3.05, 3.63) is 36.0 Å². The van der Waals surface area contributed by atoms with Crippen LogP contribution in [0.2, 0.25) is 0 Å². The van der Waals surface area contributed by atoms with Crippen LogP contribution in [0.1, 0.15) is 36.0 Å². The number of anilines is 3. The van der Waals surface area contributed by atoms with Crippen LogP contribution in [-0.4, -0.2) is 40.4 Å². The Morgan fingerprint density at radius 3 is 3.00 bits per heavy atom. The quantitative estimate of drug-likeness (QED) is 0.167. The monoisotopic (exact) mass is 396 g/mol. The van der Waals surface area contributed by atoms with E-state index in [1.54, 1.807) is 5.43 Å². The molecule has 9 N–H and O–H groups in total. The number of aromatic nitrogens is 2. The number of hydrogen-bond donors (Lipinski definition) is 6. The molecule has 1 aromatic heterocycles. The summed E-state index contributed by atoms with van der Waals surface area (Å²) in [6, 6.07) is 7.80. The number of nitrogens with zero attached hydrogens (tertiary/aromatic N) is 3. The normalized spacial score (nSPS) is 19.1. The van der Waals surface area contributed by atoms with E-state index in [1.807, 2.05) is 24.3 Å². The number of primary amides is 1. The van der Waals surface area contributed by atoms with Gasteiger partial charge in [0.2, 0.25) is 5.95 Å². The average Bonchev–Trinajstić information content (AvgIpc) is 2.68. The lowest BCUT2D eigenvalue weighted by Gasteiger charge is -2.27. The third-order valence-corrected chi connectivity index (χ3v) is 4.64. The summed E-state index contributed by atoms with van der Waals surface area (Å²) in [6.07, 6.45) is 7.87. The molecule has 1 fully saturated rings. The zero-order valence-electron chi connectivity index (χ0n) is 16.0. The largest absolute Gasteiger partial charge is 0.365 e. The highest BCUT2D eigenvalue weighted by molar-refractivity contribution is 6.14. The number of nitrogens with two attached hydrogens (primary N) is 3. The van der Waals surface area contributed by atoms with Crippen molar-refractivity contribution >= 4 is 41.5 Å². The molecule has 152 valence electrons. The number of amides is 1. The number of benzene rings is 1. The molecule has 0 unspecified atom stereocenters. The highest BCUT2D eigenvalue weighted by atomic mass is 16.1. The maximum atomic E-state index is 11.8. The minimum Gasteiger partial charge on any atom is -0.365 e. The van der Waals surface area contributed by atoms with Gasteiger partial charge in [0, 0.05) is 42.3 Å². The van der Waals surface area contributed by atoms with Gasteiger partial charge in [0.05, 0.1) is 0 Å². The summed E-state index contributed by atoms with van der Waals surface area (Å²) in [6.45, 7) is 0. The van der Waals surface area contributed by atoms with Crippen molar-refractivity contribution in [2.24, 2.45) is 16.6 Å². The van der Waals surface area contributed by atoms with Gasteiger partial charge < -0.3 is 27.5 Å². The second-order valence-electron chi connectivity index (χ2n) is 6.93.